The number of rotatable bonds is 3. The monoisotopic (exact) mass is 398 g/mol. The van der Waals surface area contributed by atoms with Crippen LogP contribution in [0.15, 0.2) is 56.5 Å². The van der Waals surface area contributed by atoms with E-state index in [0.29, 0.717) is 15.6 Å². The van der Waals surface area contributed by atoms with Gasteiger partial charge in [-0.3, -0.25) is 4.79 Å². The van der Waals surface area contributed by atoms with Gasteiger partial charge in [0.05, 0.1) is 10.7 Å². The summed E-state index contributed by atoms with van der Waals surface area (Å²) in [7, 11) is 0. The first kappa shape index (κ1) is 14.9. The molecule has 0 saturated heterocycles. The van der Waals surface area contributed by atoms with Crippen LogP contribution < -0.4 is 5.43 Å². The first-order chi connectivity index (χ1) is 9.56. The molecular weight excluding hydrogens is 391 g/mol. The standard InChI is InChI=1S/C14H9Br2FN2O/c15-11-3-1-2-10(7-11)14(20)19-18-8-9-4-5-13(17)12(16)6-9/h1-8H,(H,19,20)/b18-8+. The summed E-state index contributed by atoms with van der Waals surface area (Å²) in [6, 6.07) is 11.4. The molecule has 2 aromatic rings. The Morgan fingerprint density at radius 2 is 2.00 bits per heavy atom. The van der Waals surface area contributed by atoms with Gasteiger partial charge in [-0.15, -0.1) is 0 Å². The smallest absolute Gasteiger partial charge is 0.267 e. The highest BCUT2D eigenvalue weighted by molar-refractivity contribution is 9.10. The van der Waals surface area contributed by atoms with Gasteiger partial charge in [-0.2, -0.15) is 5.10 Å². The van der Waals surface area contributed by atoms with Crippen LogP contribution in [0.1, 0.15) is 15.9 Å². The van der Waals surface area contributed by atoms with Crippen molar-refractivity contribution < 1.29 is 9.18 Å². The normalized spacial score (nSPS) is 10.8. The number of halogens is 3. The lowest BCUT2D eigenvalue weighted by Crippen LogP contribution is -2.17. The van der Waals surface area contributed by atoms with Crippen LogP contribution in [0, 0.1) is 5.82 Å². The Balaban J connectivity index is 2.02. The lowest BCUT2D eigenvalue weighted by Gasteiger charge is -2.00. The van der Waals surface area contributed by atoms with Crippen LogP contribution in [0.2, 0.25) is 0 Å². The van der Waals surface area contributed by atoms with Crippen molar-refractivity contribution >= 4 is 44.0 Å². The summed E-state index contributed by atoms with van der Waals surface area (Å²) < 4.78 is 14.2. The molecule has 0 bridgehead atoms. The van der Waals surface area contributed by atoms with E-state index in [0.717, 1.165) is 4.47 Å². The zero-order chi connectivity index (χ0) is 14.5. The second-order valence-electron chi connectivity index (χ2n) is 3.88. The Labute approximate surface area is 132 Å². The molecule has 1 N–H and O–H groups in total. The lowest BCUT2D eigenvalue weighted by atomic mass is 10.2. The molecule has 1 amide bonds. The third kappa shape index (κ3) is 3.98. The van der Waals surface area contributed by atoms with E-state index in [-0.39, 0.29) is 11.7 Å². The molecule has 3 nitrogen and oxygen atoms in total. The molecule has 0 heterocycles. The Morgan fingerprint density at radius 3 is 2.70 bits per heavy atom. The van der Waals surface area contributed by atoms with Crippen LogP contribution in [0.5, 0.6) is 0 Å². The van der Waals surface area contributed by atoms with Crippen LogP contribution in [0.3, 0.4) is 0 Å². The second-order valence-corrected chi connectivity index (χ2v) is 5.65. The number of hydrogen-bond acceptors (Lipinski definition) is 2. The highest BCUT2D eigenvalue weighted by Gasteiger charge is 2.04. The number of nitrogens with one attached hydrogen (secondary N) is 1. The first-order valence-electron chi connectivity index (χ1n) is 5.60. The Hall–Kier alpha value is -1.53. The van der Waals surface area contributed by atoms with E-state index in [4.69, 9.17) is 0 Å². The molecule has 0 aliphatic carbocycles. The largest absolute Gasteiger partial charge is 0.271 e. The van der Waals surface area contributed by atoms with E-state index >= 15 is 0 Å². The van der Waals surface area contributed by atoms with Crippen LogP contribution in [-0.4, -0.2) is 12.1 Å². The highest BCUT2D eigenvalue weighted by Crippen LogP contribution is 2.15. The summed E-state index contributed by atoms with van der Waals surface area (Å²) in [5, 5.41) is 3.84. The fourth-order valence-electron chi connectivity index (χ4n) is 1.45. The molecule has 0 fully saturated rings. The minimum atomic E-state index is -0.347. The highest BCUT2D eigenvalue weighted by atomic mass is 79.9. The molecular formula is C14H9Br2FN2O. The maximum atomic E-state index is 13.0. The average molecular weight is 400 g/mol. The summed E-state index contributed by atoms with van der Waals surface area (Å²) in [6.07, 6.45) is 1.44. The number of carbonyl (C=O) groups excluding carboxylic acids is 1. The van der Waals surface area contributed by atoms with Gasteiger partial charge in [0.15, 0.2) is 0 Å². The molecule has 0 spiro atoms. The quantitative estimate of drug-likeness (QED) is 0.612. The average Bonchev–Trinajstić information content (AvgIpc) is 2.42. The third-order valence-electron chi connectivity index (χ3n) is 2.41. The van der Waals surface area contributed by atoms with E-state index < -0.39 is 0 Å². The van der Waals surface area contributed by atoms with Gasteiger partial charge >= 0.3 is 0 Å². The summed E-state index contributed by atoms with van der Waals surface area (Å²) in [5.41, 5.74) is 3.58. The van der Waals surface area contributed by atoms with E-state index in [9.17, 15) is 9.18 Å². The van der Waals surface area contributed by atoms with Crippen molar-refractivity contribution in [2.75, 3.05) is 0 Å². The fraction of sp³-hybridized carbons (Fsp3) is 0. The predicted molar refractivity (Wildman–Crippen MR) is 83.3 cm³/mol. The molecule has 0 radical (unpaired) electrons. The van der Waals surface area contributed by atoms with Gasteiger partial charge in [0, 0.05) is 10.0 Å². The predicted octanol–water partition coefficient (Wildman–Crippen LogP) is 4.11. The molecule has 0 aromatic heterocycles. The minimum Gasteiger partial charge on any atom is -0.267 e. The summed E-state index contributed by atoms with van der Waals surface area (Å²) >= 11 is 6.37. The number of benzene rings is 2. The van der Waals surface area contributed by atoms with Gasteiger partial charge in [0.1, 0.15) is 5.82 Å². The molecule has 0 aliphatic heterocycles. The van der Waals surface area contributed by atoms with Gasteiger partial charge < -0.3 is 0 Å². The van der Waals surface area contributed by atoms with Crippen LogP contribution in [0.25, 0.3) is 0 Å². The zero-order valence-electron chi connectivity index (χ0n) is 10.1. The van der Waals surface area contributed by atoms with Crippen molar-refractivity contribution in [1.82, 2.24) is 5.43 Å². The van der Waals surface area contributed by atoms with E-state index in [1.54, 1.807) is 30.3 Å². The number of amides is 1. The second kappa shape index (κ2) is 6.76. The Bertz CT molecular complexity index is 674. The number of nitrogens with zero attached hydrogens (tertiary/aromatic N) is 1. The molecule has 2 rings (SSSR count). The molecule has 0 aliphatic rings. The van der Waals surface area contributed by atoms with Gasteiger partial charge in [-0.05, 0) is 51.8 Å². The lowest BCUT2D eigenvalue weighted by molar-refractivity contribution is 0.0955. The van der Waals surface area contributed by atoms with Gasteiger partial charge in [-0.1, -0.05) is 28.1 Å². The molecule has 20 heavy (non-hydrogen) atoms. The fourth-order valence-corrected chi connectivity index (χ4v) is 2.25. The van der Waals surface area contributed by atoms with Crippen molar-refractivity contribution in [1.29, 1.82) is 0 Å². The minimum absolute atomic E-state index is 0.316. The summed E-state index contributed by atoms with van der Waals surface area (Å²) in [5.74, 6) is -0.663. The molecule has 0 saturated carbocycles. The van der Waals surface area contributed by atoms with Crippen molar-refractivity contribution in [2.45, 2.75) is 0 Å². The SMILES string of the molecule is O=C(N/N=C/c1ccc(F)c(Br)c1)c1cccc(Br)c1. The van der Waals surface area contributed by atoms with Gasteiger partial charge in [0.2, 0.25) is 0 Å². The Kier molecular flexibility index (Phi) is 5.03. The van der Waals surface area contributed by atoms with Gasteiger partial charge in [-0.25, -0.2) is 9.82 Å². The van der Waals surface area contributed by atoms with Crippen molar-refractivity contribution in [2.24, 2.45) is 5.10 Å². The van der Waals surface area contributed by atoms with Crippen LogP contribution >= 0.6 is 31.9 Å². The van der Waals surface area contributed by atoms with E-state index in [2.05, 4.69) is 42.4 Å². The Morgan fingerprint density at radius 1 is 1.20 bits per heavy atom. The molecule has 6 heteroatoms. The molecule has 0 unspecified atom stereocenters. The van der Waals surface area contributed by atoms with Crippen LogP contribution in [0.4, 0.5) is 4.39 Å². The van der Waals surface area contributed by atoms with Crippen molar-refractivity contribution in [3.63, 3.8) is 0 Å². The van der Waals surface area contributed by atoms with Crippen molar-refractivity contribution in [3.8, 4) is 0 Å². The van der Waals surface area contributed by atoms with Crippen LogP contribution in [-0.2, 0) is 0 Å². The summed E-state index contributed by atoms with van der Waals surface area (Å²) in [6.45, 7) is 0. The van der Waals surface area contributed by atoms with E-state index in [1.165, 1.54) is 12.3 Å². The third-order valence-corrected chi connectivity index (χ3v) is 3.51. The number of hydrazone groups is 1. The zero-order valence-corrected chi connectivity index (χ0v) is 13.3. The maximum Gasteiger partial charge on any atom is 0.271 e. The van der Waals surface area contributed by atoms with Gasteiger partial charge in [0.25, 0.3) is 5.91 Å². The van der Waals surface area contributed by atoms with Crippen molar-refractivity contribution in [3.05, 3.63) is 68.4 Å². The van der Waals surface area contributed by atoms with E-state index in [1.807, 2.05) is 6.07 Å². The first-order valence-corrected chi connectivity index (χ1v) is 7.19. The number of carbonyl (C=O) groups is 1. The number of hydrogen-bond donors (Lipinski definition) is 1. The molecule has 102 valence electrons. The molecule has 0 atom stereocenters. The molecule has 2 aromatic carbocycles. The summed E-state index contributed by atoms with van der Waals surface area (Å²) in [4.78, 5) is 11.8. The maximum absolute atomic E-state index is 13.0. The topological polar surface area (TPSA) is 41.5 Å².